The number of carbonyl (C=O) groups excluding carboxylic acids is 1. The van der Waals surface area contributed by atoms with Gasteiger partial charge in [-0.2, -0.15) is 4.31 Å². The van der Waals surface area contributed by atoms with Gasteiger partial charge in [0.2, 0.25) is 15.9 Å². The van der Waals surface area contributed by atoms with Gasteiger partial charge in [0.15, 0.2) is 0 Å². The van der Waals surface area contributed by atoms with Gasteiger partial charge in [0.1, 0.15) is 11.9 Å². The van der Waals surface area contributed by atoms with Crippen molar-refractivity contribution in [3.05, 3.63) is 66.0 Å². The van der Waals surface area contributed by atoms with Gasteiger partial charge in [0, 0.05) is 7.05 Å². The van der Waals surface area contributed by atoms with Crippen molar-refractivity contribution in [2.24, 2.45) is 0 Å². The quantitative estimate of drug-likeness (QED) is 0.912. The highest BCUT2D eigenvalue weighted by Gasteiger charge is 2.31. The molecule has 2 aromatic rings. The van der Waals surface area contributed by atoms with Gasteiger partial charge in [-0.05, 0) is 17.7 Å². The third-order valence-corrected chi connectivity index (χ3v) is 4.64. The topological polar surface area (TPSA) is 66.5 Å². The van der Waals surface area contributed by atoms with E-state index in [1.165, 1.54) is 25.2 Å². The van der Waals surface area contributed by atoms with Gasteiger partial charge in [-0.15, -0.1) is 0 Å². The number of likely N-dealkylation sites (N-methyl/N-ethyl adjacent to an activating group) is 1. The van der Waals surface area contributed by atoms with E-state index in [2.05, 4.69) is 5.32 Å². The van der Waals surface area contributed by atoms with Crippen LogP contribution in [0.5, 0.6) is 0 Å². The van der Waals surface area contributed by atoms with Crippen LogP contribution in [-0.4, -0.2) is 31.9 Å². The lowest BCUT2D eigenvalue weighted by Crippen LogP contribution is -2.38. The summed E-state index contributed by atoms with van der Waals surface area (Å²) in [7, 11) is -2.31. The van der Waals surface area contributed by atoms with Crippen LogP contribution in [0.2, 0.25) is 0 Å². The van der Waals surface area contributed by atoms with Crippen molar-refractivity contribution < 1.29 is 17.6 Å². The molecule has 0 saturated carbocycles. The highest BCUT2D eigenvalue weighted by atomic mass is 32.2. The molecular formula is C16H17FN2O3S. The van der Waals surface area contributed by atoms with E-state index < -0.39 is 27.8 Å². The molecule has 0 unspecified atom stereocenters. The van der Waals surface area contributed by atoms with Crippen LogP contribution >= 0.6 is 0 Å². The summed E-state index contributed by atoms with van der Waals surface area (Å²) in [6, 6.07) is 13.1. The molecule has 0 saturated heterocycles. The van der Waals surface area contributed by atoms with Gasteiger partial charge in [-0.25, -0.2) is 12.8 Å². The van der Waals surface area contributed by atoms with Crippen LogP contribution in [-0.2, 0) is 14.8 Å². The Hall–Kier alpha value is -2.25. The van der Waals surface area contributed by atoms with Gasteiger partial charge in [0.25, 0.3) is 0 Å². The Bertz CT molecular complexity index is 794. The number of anilines is 1. The zero-order chi connectivity index (χ0) is 17.0. The Kier molecular flexibility index (Phi) is 5.12. The normalized spacial score (nSPS) is 12.9. The first kappa shape index (κ1) is 17.1. The number of hydrogen-bond donors (Lipinski definition) is 1. The maximum Gasteiger partial charge on any atom is 0.247 e. The van der Waals surface area contributed by atoms with Crippen molar-refractivity contribution in [1.82, 2.24) is 4.31 Å². The molecule has 1 amide bonds. The fraction of sp³-hybridized carbons (Fsp3) is 0.188. The van der Waals surface area contributed by atoms with E-state index >= 15 is 0 Å². The van der Waals surface area contributed by atoms with E-state index in [9.17, 15) is 17.6 Å². The SMILES string of the molecule is CN([C@@H](C(=O)Nc1ccccc1F)c1ccccc1)S(C)(=O)=O. The molecule has 0 radical (unpaired) electrons. The van der Waals surface area contributed by atoms with Crippen LogP contribution in [0.4, 0.5) is 10.1 Å². The Labute approximate surface area is 134 Å². The summed E-state index contributed by atoms with van der Waals surface area (Å²) < 4.78 is 38.3. The standard InChI is InChI=1S/C16H17FN2O3S/c1-19(23(2,21)22)15(12-8-4-3-5-9-12)16(20)18-14-11-7-6-10-13(14)17/h3-11,15H,1-2H3,(H,18,20)/t15-/m1/s1. The molecular weight excluding hydrogens is 319 g/mol. The summed E-state index contributed by atoms with van der Waals surface area (Å²) >= 11 is 0. The van der Waals surface area contributed by atoms with Crippen LogP contribution in [0, 0.1) is 5.82 Å². The minimum Gasteiger partial charge on any atom is -0.322 e. The highest BCUT2D eigenvalue weighted by Crippen LogP contribution is 2.24. The number of nitrogens with zero attached hydrogens (tertiary/aromatic N) is 1. The van der Waals surface area contributed by atoms with Crippen molar-refractivity contribution in [3.63, 3.8) is 0 Å². The van der Waals surface area contributed by atoms with E-state index in [4.69, 9.17) is 0 Å². The molecule has 122 valence electrons. The minimum atomic E-state index is -3.62. The molecule has 2 rings (SSSR count). The fourth-order valence-corrected chi connectivity index (χ4v) is 2.72. The van der Waals surface area contributed by atoms with Crippen molar-refractivity contribution in [2.75, 3.05) is 18.6 Å². The second-order valence-corrected chi connectivity index (χ2v) is 7.10. The smallest absolute Gasteiger partial charge is 0.247 e. The third kappa shape index (κ3) is 4.14. The van der Waals surface area contributed by atoms with E-state index in [1.54, 1.807) is 36.4 Å². The molecule has 2 aromatic carbocycles. The summed E-state index contributed by atoms with van der Waals surface area (Å²) in [5.41, 5.74) is 0.495. The van der Waals surface area contributed by atoms with E-state index in [1.807, 2.05) is 0 Å². The second kappa shape index (κ2) is 6.89. The summed E-state index contributed by atoms with van der Waals surface area (Å²) in [5.74, 6) is -1.22. The Morgan fingerprint density at radius 2 is 1.65 bits per heavy atom. The summed E-state index contributed by atoms with van der Waals surface area (Å²) in [6.45, 7) is 0. The third-order valence-electron chi connectivity index (χ3n) is 3.38. The fourth-order valence-electron chi connectivity index (χ4n) is 2.12. The number of halogens is 1. The highest BCUT2D eigenvalue weighted by molar-refractivity contribution is 7.88. The number of hydrogen-bond acceptors (Lipinski definition) is 3. The van der Waals surface area contributed by atoms with Crippen LogP contribution in [0.25, 0.3) is 0 Å². The zero-order valence-electron chi connectivity index (χ0n) is 12.7. The molecule has 0 aliphatic carbocycles. The molecule has 0 aromatic heterocycles. The maximum absolute atomic E-state index is 13.7. The van der Waals surface area contributed by atoms with Gasteiger partial charge < -0.3 is 5.32 Å². The van der Waals surface area contributed by atoms with E-state index in [0.717, 1.165) is 10.6 Å². The second-order valence-electron chi connectivity index (χ2n) is 5.06. The molecule has 0 bridgehead atoms. The largest absolute Gasteiger partial charge is 0.322 e. The predicted octanol–water partition coefficient (Wildman–Crippen LogP) is 2.40. The molecule has 7 heteroatoms. The molecule has 1 atom stereocenters. The van der Waals surface area contributed by atoms with Crippen molar-refractivity contribution in [2.45, 2.75) is 6.04 Å². The Morgan fingerprint density at radius 3 is 2.22 bits per heavy atom. The molecule has 1 N–H and O–H groups in total. The Balaban J connectivity index is 2.38. The van der Waals surface area contributed by atoms with Crippen LogP contribution in [0.3, 0.4) is 0 Å². The van der Waals surface area contributed by atoms with Crippen LogP contribution < -0.4 is 5.32 Å². The molecule has 0 spiro atoms. The lowest BCUT2D eigenvalue weighted by molar-refractivity contribution is -0.119. The number of carbonyl (C=O) groups is 1. The van der Waals surface area contributed by atoms with Gasteiger partial charge in [-0.1, -0.05) is 42.5 Å². The summed E-state index contributed by atoms with van der Waals surface area (Å²) in [5, 5.41) is 2.44. The van der Waals surface area contributed by atoms with Crippen molar-refractivity contribution in [1.29, 1.82) is 0 Å². The first-order chi connectivity index (χ1) is 10.8. The number of benzene rings is 2. The molecule has 0 aliphatic rings. The Morgan fingerprint density at radius 1 is 1.09 bits per heavy atom. The minimum absolute atomic E-state index is 0.000308. The average molecular weight is 336 g/mol. The molecule has 0 heterocycles. The molecule has 0 fully saturated rings. The number of nitrogens with one attached hydrogen (secondary N) is 1. The monoisotopic (exact) mass is 336 g/mol. The van der Waals surface area contributed by atoms with Crippen molar-refractivity contribution in [3.8, 4) is 0 Å². The number of amides is 1. The van der Waals surface area contributed by atoms with E-state index in [0.29, 0.717) is 5.56 Å². The van der Waals surface area contributed by atoms with Crippen LogP contribution in [0.15, 0.2) is 54.6 Å². The first-order valence-electron chi connectivity index (χ1n) is 6.84. The predicted molar refractivity (Wildman–Crippen MR) is 86.8 cm³/mol. The number of sulfonamides is 1. The first-order valence-corrected chi connectivity index (χ1v) is 8.69. The lowest BCUT2D eigenvalue weighted by atomic mass is 10.1. The van der Waals surface area contributed by atoms with Gasteiger partial charge in [0.05, 0.1) is 11.9 Å². The number of rotatable bonds is 5. The number of para-hydroxylation sites is 1. The maximum atomic E-state index is 13.7. The van der Waals surface area contributed by atoms with E-state index in [-0.39, 0.29) is 5.69 Å². The average Bonchev–Trinajstić information content (AvgIpc) is 2.50. The molecule has 5 nitrogen and oxygen atoms in total. The van der Waals surface area contributed by atoms with Gasteiger partial charge in [-0.3, -0.25) is 4.79 Å². The summed E-state index contributed by atoms with van der Waals surface area (Å²) in [4.78, 5) is 12.6. The van der Waals surface area contributed by atoms with Crippen LogP contribution in [0.1, 0.15) is 11.6 Å². The van der Waals surface area contributed by atoms with Crippen molar-refractivity contribution >= 4 is 21.6 Å². The van der Waals surface area contributed by atoms with Gasteiger partial charge >= 0.3 is 0 Å². The summed E-state index contributed by atoms with van der Waals surface area (Å²) in [6.07, 6.45) is 1.01. The lowest BCUT2D eigenvalue weighted by Gasteiger charge is -2.25. The molecule has 0 aliphatic heterocycles. The zero-order valence-corrected chi connectivity index (χ0v) is 13.5. The molecule has 23 heavy (non-hydrogen) atoms.